The number of hydrogen-bond acceptors (Lipinski definition) is 6. The number of benzene rings is 3. The van der Waals surface area contributed by atoms with Gasteiger partial charge in [0.1, 0.15) is 5.56 Å². The van der Waals surface area contributed by atoms with Crippen molar-refractivity contribution in [3.8, 4) is 28.8 Å². The van der Waals surface area contributed by atoms with Crippen molar-refractivity contribution in [1.82, 2.24) is 14.0 Å². The molecule has 0 saturated carbocycles. The topological polar surface area (TPSA) is 85.9 Å². The van der Waals surface area contributed by atoms with Crippen molar-refractivity contribution in [3.63, 3.8) is 0 Å². The van der Waals surface area contributed by atoms with Gasteiger partial charge in [0.05, 0.1) is 31.6 Å². The van der Waals surface area contributed by atoms with Gasteiger partial charge in [-0.25, -0.2) is 0 Å². The largest absolute Gasteiger partial charge is 0.494 e. The molecule has 1 unspecified atom stereocenters. The minimum atomic E-state index is -0.885. The van der Waals surface area contributed by atoms with Crippen LogP contribution < -0.4 is 15.0 Å². The number of aromatic nitrogens is 2. The third kappa shape index (κ3) is 4.14. The fourth-order valence-corrected chi connectivity index (χ4v) is 5.44. The Kier molecular flexibility index (Phi) is 6.77. The first-order chi connectivity index (χ1) is 18.4. The molecule has 1 N–H and O–H groups in total. The summed E-state index contributed by atoms with van der Waals surface area (Å²) in [6.45, 7) is 1.81. The van der Waals surface area contributed by atoms with E-state index >= 15 is 0 Å². The van der Waals surface area contributed by atoms with E-state index in [0.717, 1.165) is 5.56 Å². The van der Waals surface area contributed by atoms with E-state index in [1.807, 2.05) is 42.5 Å². The lowest BCUT2D eigenvalue weighted by atomic mass is 9.88. The zero-order valence-corrected chi connectivity index (χ0v) is 22.1. The molecule has 2 heterocycles. The highest BCUT2D eigenvalue weighted by Gasteiger charge is 2.37. The third-order valence-electron chi connectivity index (χ3n) is 6.85. The fraction of sp³-hybridized carbons (Fsp3) is 0.207. The van der Waals surface area contributed by atoms with E-state index < -0.39 is 11.6 Å². The number of nitrogens with zero attached hydrogens (tertiary/aromatic N) is 3. The van der Waals surface area contributed by atoms with E-state index in [2.05, 4.69) is 0 Å². The number of hydrogen-bond donors (Lipinski definition) is 1. The van der Waals surface area contributed by atoms with Crippen molar-refractivity contribution < 1.29 is 19.4 Å². The number of aromatic hydroxyl groups is 1. The SMILES string of the molecule is COc1cc2c(cc1OC)C(c1c(O)n(-c3ccccc3)c(=S)n(-c3ccccc3)c1=O)N(C(C)=O)CC2. The van der Waals surface area contributed by atoms with E-state index in [1.165, 1.54) is 23.2 Å². The number of carbonyl (C=O) groups excluding carboxylic acids is 1. The van der Waals surface area contributed by atoms with Crippen molar-refractivity contribution in [3.05, 3.63) is 105 Å². The van der Waals surface area contributed by atoms with E-state index in [-0.39, 0.29) is 22.1 Å². The molecule has 0 saturated heterocycles. The summed E-state index contributed by atoms with van der Waals surface area (Å²) in [7, 11) is 3.09. The van der Waals surface area contributed by atoms with E-state index in [4.69, 9.17) is 21.7 Å². The molecule has 1 atom stereocenters. The summed E-state index contributed by atoms with van der Waals surface area (Å²) in [4.78, 5) is 28.8. The first-order valence-corrected chi connectivity index (χ1v) is 12.5. The van der Waals surface area contributed by atoms with E-state index in [0.29, 0.717) is 41.4 Å². The maximum atomic E-state index is 14.3. The third-order valence-corrected chi connectivity index (χ3v) is 7.21. The zero-order chi connectivity index (χ0) is 27.0. The van der Waals surface area contributed by atoms with Crippen LogP contribution in [0, 0.1) is 4.77 Å². The predicted molar refractivity (Wildman–Crippen MR) is 146 cm³/mol. The van der Waals surface area contributed by atoms with Crippen molar-refractivity contribution in [1.29, 1.82) is 0 Å². The number of para-hydroxylation sites is 2. The van der Waals surface area contributed by atoms with Crippen LogP contribution >= 0.6 is 12.2 Å². The predicted octanol–water partition coefficient (Wildman–Crippen LogP) is 4.57. The van der Waals surface area contributed by atoms with Gasteiger partial charge in [-0.2, -0.15) is 0 Å². The molecule has 194 valence electrons. The van der Waals surface area contributed by atoms with Gasteiger partial charge in [0.2, 0.25) is 11.8 Å². The normalized spacial score (nSPS) is 14.6. The highest BCUT2D eigenvalue weighted by atomic mass is 32.1. The molecule has 0 bridgehead atoms. The second-order valence-corrected chi connectivity index (χ2v) is 9.30. The Morgan fingerprint density at radius 3 is 2.03 bits per heavy atom. The Morgan fingerprint density at radius 1 is 0.921 bits per heavy atom. The molecule has 5 rings (SSSR count). The minimum absolute atomic E-state index is 0.0367. The van der Waals surface area contributed by atoms with Crippen molar-refractivity contribution in [2.45, 2.75) is 19.4 Å². The summed E-state index contributed by atoms with van der Waals surface area (Å²) in [5.74, 6) is 0.458. The summed E-state index contributed by atoms with van der Waals surface area (Å²) in [5, 5.41) is 11.8. The van der Waals surface area contributed by atoms with Gasteiger partial charge in [-0.3, -0.25) is 18.7 Å². The van der Waals surface area contributed by atoms with Gasteiger partial charge in [0, 0.05) is 13.5 Å². The monoisotopic (exact) mass is 529 g/mol. The fourth-order valence-electron chi connectivity index (χ4n) is 5.06. The van der Waals surface area contributed by atoms with Crippen LogP contribution in [-0.2, 0) is 11.2 Å². The molecule has 0 fully saturated rings. The molecular weight excluding hydrogens is 502 g/mol. The highest BCUT2D eigenvalue weighted by Crippen LogP contribution is 2.42. The Bertz CT molecular complexity index is 1630. The zero-order valence-electron chi connectivity index (χ0n) is 21.2. The van der Waals surface area contributed by atoms with Gasteiger partial charge in [0.15, 0.2) is 16.3 Å². The average molecular weight is 530 g/mol. The van der Waals surface area contributed by atoms with Crippen molar-refractivity contribution in [2.75, 3.05) is 20.8 Å². The lowest BCUT2D eigenvalue weighted by molar-refractivity contribution is -0.130. The van der Waals surface area contributed by atoms with Crippen LogP contribution in [0.2, 0.25) is 0 Å². The molecule has 8 nitrogen and oxygen atoms in total. The number of rotatable bonds is 5. The maximum absolute atomic E-state index is 14.3. The minimum Gasteiger partial charge on any atom is -0.494 e. The van der Waals surface area contributed by atoms with Gasteiger partial charge in [-0.05, 0) is 66.2 Å². The quantitative estimate of drug-likeness (QED) is 0.381. The summed E-state index contributed by atoms with van der Waals surface area (Å²) in [6, 6.07) is 20.9. The lowest BCUT2D eigenvalue weighted by Crippen LogP contribution is -2.43. The van der Waals surface area contributed by atoms with E-state index in [1.54, 1.807) is 42.3 Å². The smallest absolute Gasteiger partial charge is 0.268 e. The van der Waals surface area contributed by atoms with Gasteiger partial charge in [0.25, 0.3) is 5.56 Å². The van der Waals surface area contributed by atoms with Crippen LogP contribution in [0.1, 0.15) is 29.7 Å². The molecule has 0 aliphatic carbocycles. The summed E-state index contributed by atoms with van der Waals surface area (Å²) >= 11 is 5.77. The van der Waals surface area contributed by atoms with Crippen molar-refractivity contribution >= 4 is 18.1 Å². The first kappa shape index (κ1) is 25.3. The van der Waals surface area contributed by atoms with Crippen molar-refractivity contribution in [2.24, 2.45) is 0 Å². The lowest BCUT2D eigenvalue weighted by Gasteiger charge is -2.37. The second kappa shape index (κ2) is 10.2. The summed E-state index contributed by atoms with van der Waals surface area (Å²) < 4.78 is 14.0. The Balaban J connectivity index is 1.90. The van der Waals surface area contributed by atoms with Gasteiger partial charge in [-0.1, -0.05) is 36.4 Å². The molecule has 4 aromatic rings. The number of methoxy groups -OCH3 is 2. The molecular formula is C29H27N3O5S. The molecule has 0 radical (unpaired) electrons. The molecule has 1 aliphatic rings. The molecule has 1 aliphatic heterocycles. The highest BCUT2D eigenvalue weighted by molar-refractivity contribution is 7.71. The van der Waals surface area contributed by atoms with E-state index in [9.17, 15) is 14.7 Å². The molecule has 0 spiro atoms. The molecule has 9 heteroatoms. The molecule has 38 heavy (non-hydrogen) atoms. The Hall–Kier alpha value is -4.37. The van der Waals surface area contributed by atoms with Crippen LogP contribution in [0.4, 0.5) is 0 Å². The maximum Gasteiger partial charge on any atom is 0.268 e. The Labute approximate surface area is 224 Å². The first-order valence-electron chi connectivity index (χ1n) is 12.1. The molecule has 1 aromatic heterocycles. The van der Waals surface area contributed by atoms with Crippen LogP contribution in [0.5, 0.6) is 17.4 Å². The van der Waals surface area contributed by atoms with Crippen LogP contribution in [0.15, 0.2) is 77.6 Å². The van der Waals surface area contributed by atoms with Gasteiger partial charge >= 0.3 is 0 Å². The average Bonchev–Trinajstić information content (AvgIpc) is 2.93. The molecule has 1 amide bonds. The number of ether oxygens (including phenoxy) is 2. The standard InChI is InChI=1S/C29H27N3O5S/c1-18(33)30-15-14-19-16-23(36-2)24(37-3)17-22(19)26(30)25-27(34)31(20-10-6-4-7-11-20)29(38)32(28(25)35)21-12-8-5-9-13-21/h4-13,16-17,26,34H,14-15H2,1-3H3. The second-order valence-electron chi connectivity index (χ2n) is 8.94. The van der Waals surface area contributed by atoms with Gasteiger partial charge in [-0.15, -0.1) is 0 Å². The number of carbonyl (C=O) groups is 1. The summed E-state index contributed by atoms with van der Waals surface area (Å²) in [6.07, 6.45) is 0.553. The van der Waals surface area contributed by atoms with Crippen LogP contribution in [-0.4, -0.2) is 45.8 Å². The number of amides is 1. The summed E-state index contributed by atoms with van der Waals surface area (Å²) in [5.41, 5.74) is 2.22. The molecule has 3 aromatic carbocycles. The van der Waals surface area contributed by atoms with Gasteiger partial charge < -0.3 is 19.5 Å². The number of fused-ring (bicyclic) bond motifs is 1. The van der Waals surface area contributed by atoms with Crippen LogP contribution in [0.3, 0.4) is 0 Å². The van der Waals surface area contributed by atoms with Crippen LogP contribution in [0.25, 0.3) is 11.4 Å². The Morgan fingerprint density at radius 2 is 1.47 bits per heavy atom.